The molecule has 0 spiro atoms. The Hall–Kier alpha value is -1.04. The highest BCUT2D eigenvalue weighted by atomic mass is 32.2. The van der Waals surface area contributed by atoms with Crippen LogP contribution in [0.25, 0.3) is 0 Å². The van der Waals surface area contributed by atoms with Gasteiger partial charge in [0.25, 0.3) is 0 Å². The van der Waals surface area contributed by atoms with Gasteiger partial charge in [-0.25, -0.2) is 0 Å². The van der Waals surface area contributed by atoms with Crippen LogP contribution in [0.4, 0.5) is 5.69 Å². The van der Waals surface area contributed by atoms with Gasteiger partial charge in [0.05, 0.1) is 6.61 Å². The van der Waals surface area contributed by atoms with Crippen molar-refractivity contribution in [3.8, 4) is 0 Å². The number of carbonyl (C=O) groups is 1. The molecule has 0 heterocycles. The zero-order valence-electron chi connectivity index (χ0n) is 13.4. The minimum Gasteiger partial charge on any atom is -0.383 e. The molecule has 0 aliphatic heterocycles. The molecule has 5 heteroatoms. The Balaban J connectivity index is 1.95. The third kappa shape index (κ3) is 5.00. The maximum Gasteiger partial charge on any atom is 0.243 e. The predicted octanol–water partition coefficient (Wildman–Crippen LogP) is 3.33. The van der Waals surface area contributed by atoms with E-state index in [9.17, 15) is 4.79 Å². The summed E-state index contributed by atoms with van der Waals surface area (Å²) in [5, 5.41) is 3.61. The fourth-order valence-electron chi connectivity index (χ4n) is 2.71. The van der Waals surface area contributed by atoms with Crippen LogP contribution in [0, 0.1) is 6.92 Å². The van der Waals surface area contributed by atoms with Gasteiger partial charge in [-0.15, -0.1) is 11.8 Å². The van der Waals surface area contributed by atoms with Crippen molar-refractivity contribution >= 4 is 23.4 Å². The van der Waals surface area contributed by atoms with E-state index < -0.39 is 6.04 Å². The SMILES string of the molecule is COCC(N)C(=O)Nc1ccc(SC2CCCCC2)cc1C. The molecule has 1 amide bonds. The Morgan fingerprint density at radius 3 is 2.77 bits per heavy atom. The van der Waals surface area contributed by atoms with Crippen molar-refractivity contribution in [1.82, 2.24) is 0 Å². The second-order valence-corrected chi connectivity index (χ2v) is 7.28. The zero-order valence-corrected chi connectivity index (χ0v) is 14.2. The Kier molecular flexibility index (Phi) is 6.73. The number of anilines is 1. The summed E-state index contributed by atoms with van der Waals surface area (Å²) < 4.78 is 4.91. The molecule has 1 atom stereocenters. The van der Waals surface area contributed by atoms with E-state index in [1.54, 1.807) is 0 Å². The van der Waals surface area contributed by atoms with Crippen molar-refractivity contribution in [1.29, 1.82) is 0 Å². The molecular formula is C17H26N2O2S. The number of nitrogens with one attached hydrogen (secondary N) is 1. The minimum atomic E-state index is -0.638. The molecule has 0 saturated heterocycles. The van der Waals surface area contributed by atoms with Gasteiger partial charge in [-0.05, 0) is 43.5 Å². The van der Waals surface area contributed by atoms with Gasteiger partial charge in [0.1, 0.15) is 6.04 Å². The molecule has 1 aromatic rings. The number of thioether (sulfide) groups is 1. The second-order valence-electron chi connectivity index (χ2n) is 5.91. The monoisotopic (exact) mass is 322 g/mol. The van der Waals surface area contributed by atoms with E-state index >= 15 is 0 Å². The quantitative estimate of drug-likeness (QED) is 0.843. The van der Waals surface area contributed by atoms with Crippen LogP contribution in [-0.4, -0.2) is 30.9 Å². The molecule has 1 aromatic carbocycles. The lowest BCUT2D eigenvalue weighted by Crippen LogP contribution is -2.39. The summed E-state index contributed by atoms with van der Waals surface area (Å²) in [5.41, 5.74) is 7.63. The van der Waals surface area contributed by atoms with E-state index in [0.717, 1.165) is 16.5 Å². The van der Waals surface area contributed by atoms with Crippen LogP contribution in [0.5, 0.6) is 0 Å². The summed E-state index contributed by atoms with van der Waals surface area (Å²) in [6.45, 7) is 2.24. The van der Waals surface area contributed by atoms with Crippen LogP contribution in [0.3, 0.4) is 0 Å². The first kappa shape index (κ1) is 17.3. The van der Waals surface area contributed by atoms with Crippen LogP contribution in [0.15, 0.2) is 23.1 Å². The average molecular weight is 322 g/mol. The molecule has 1 fully saturated rings. The average Bonchev–Trinajstić information content (AvgIpc) is 2.51. The maximum absolute atomic E-state index is 11.9. The van der Waals surface area contributed by atoms with Crippen molar-refractivity contribution < 1.29 is 9.53 Å². The van der Waals surface area contributed by atoms with Crippen LogP contribution in [0.1, 0.15) is 37.7 Å². The Morgan fingerprint density at radius 1 is 1.41 bits per heavy atom. The summed E-state index contributed by atoms with van der Waals surface area (Å²) in [6.07, 6.45) is 6.70. The number of carbonyl (C=O) groups excluding carboxylic acids is 1. The maximum atomic E-state index is 11.9. The Morgan fingerprint density at radius 2 is 2.14 bits per heavy atom. The smallest absolute Gasteiger partial charge is 0.243 e. The standard InChI is InChI=1S/C17H26N2O2S/c1-12-10-14(22-13-6-4-3-5-7-13)8-9-16(12)19-17(20)15(18)11-21-2/h8-10,13,15H,3-7,11,18H2,1-2H3,(H,19,20). The van der Waals surface area contributed by atoms with E-state index in [1.165, 1.54) is 44.1 Å². The molecule has 1 aliphatic carbocycles. The van der Waals surface area contributed by atoms with Crippen molar-refractivity contribution in [3.63, 3.8) is 0 Å². The van der Waals surface area contributed by atoms with Crippen LogP contribution in [-0.2, 0) is 9.53 Å². The fourth-order valence-corrected chi connectivity index (χ4v) is 4.05. The predicted molar refractivity (Wildman–Crippen MR) is 92.4 cm³/mol. The first-order valence-corrected chi connectivity index (χ1v) is 8.81. The summed E-state index contributed by atoms with van der Waals surface area (Å²) in [5.74, 6) is -0.211. The lowest BCUT2D eigenvalue weighted by atomic mass is 10.0. The molecule has 2 rings (SSSR count). The number of hydrogen-bond donors (Lipinski definition) is 2. The van der Waals surface area contributed by atoms with Crippen LogP contribution >= 0.6 is 11.8 Å². The number of nitrogens with two attached hydrogens (primary N) is 1. The third-order valence-electron chi connectivity index (χ3n) is 3.99. The highest BCUT2D eigenvalue weighted by Gasteiger charge is 2.16. The van der Waals surface area contributed by atoms with Crippen molar-refractivity contribution in [2.75, 3.05) is 19.0 Å². The molecule has 4 nitrogen and oxygen atoms in total. The lowest BCUT2D eigenvalue weighted by Gasteiger charge is -2.21. The molecule has 1 saturated carbocycles. The molecule has 0 bridgehead atoms. The van der Waals surface area contributed by atoms with E-state index in [2.05, 4.69) is 17.4 Å². The summed E-state index contributed by atoms with van der Waals surface area (Å²) in [6, 6.07) is 5.57. The van der Waals surface area contributed by atoms with E-state index in [-0.39, 0.29) is 12.5 Å². The number of ether oxygens (including phenoxy) is 1. The molecule has 3 N–H and O–H groups in total. The van der Waals surface area contributed by atoms with Crippen molar-refractivity contribution in [3.05, 3.63) is 23.8 Å². The number of methoxy groups -OCH3 is 1. The van der Waals surface area contributed by atoms with Crippen LogP contribution in [0.2, 0.25) is 0 Å². The number of benzene rings is 1. The third-order valence-corrected chi connectivity index (χ3v) is 5.32. The van der Waals surface area contributed by atoms with E-state index in [0.29, 0.717) is 0 Å². The van der Waals surface area contributed by atoms with Crippen LogP contribution < -0.4 is 11.1 Å². The number of aryl methyl sites for hydroxylation is 1. The number of hydrogen-bond acceptors (Lipinski definition) is 4. The highest BCUT2D eigenvalue weighted by Crippen LogP contribution is 2.34. The topological polar surface area (TPSA) is 64.3 Å². The lowest BCUT2D eigenvalue weighted by molar-refractivity contribution is -0.118. The molecule has 0 radical (unpaired) electrons. The van der Waals surface area contributed by atoms with Crippen molar-refractivity contribution in [2.24, 2.45) is 5.73 Å². The largest absolute Gasteiger partial charge is 0.383 e. The van der Waals surface area contributed by atoms with Crippen molar-refractivity contribution in [2.45, 2.75) is 55.2 Å². The van der Waals surface area contributed by atoms with Gasteiger partial charge >= 0.3 is 0 Å². The van der Waals surface area contributed by atoms with E-state index in [1.807, 2.05) is 24.8 Å². The van der Waals surface area contributed by atoms with Gasteiger partial charge in [0, 0.05) is 22.9 Å². The molecule has 1 unspecified atom stereocenters. The second kappa shape index (κ2) is 8.56. The number of amides is 1. The Bertz CT molecular complexity index is 501. The Labute approximate surface area is 137 Å². The van der Waals surface area contributed by atoms with Gasteiger partial charge < -0.3 is 15.8 Å². The summed E-state index contributed by atoms with van der Waals surface area (Å²) in [7, 11) is 1.54. The first-order valence-electron chi connectivity index (χ1n) is 7.93. The molecule has 122 valence electrons. The molecule has 1 aliphatic rings. The molecule has 22 heavy (non-hydrogen) atoms. The highest BCUT2D eigenvalue weighted by molar-refractivity contribution is 8.00. The van der Waals surface area contributed by atoms with Gasteiger partial charge in [-0.2, -0.15) is 0 Å². The first-order chi connectivity index (χ1) is 10.6. The van der Waals surface area contributed by atoms with Gasteiger partial charge in [0.15, 0.2) is 0 Å². The minimum absolute atomic E-state index is 0.211. The fraction of sp³-hybridized carbons (Fsp3) is 0.588. The number of rotatable bonds is 6. The normalized spacial score (nSPS) is 17.2. The molecule has 0 aromatic heterocycles. The molecular weight excluding hydrogens is 296 g/mol. The van der Waals surface area contributed by atoms with Gasteiger partial charge in [0.2, 0.25) is 5.91 Å². The summed E-state index contributed by atoms with van der Waals surface area (Å²) in [4.78, 5) is 13.2. The summed E-state index contributed by atoms with van der Waals surface area (Å²) >= 11 is 1.96. The van der Waals surface area contributed by atoms with E-state index in [4.69, 9.17) is 10.5 Å². The van der Waals surface area contributed by atoms with Gasteiger partial charge in [-0.1, -0.05) is 19.3 Å². The zero-order chi connectivity index (χ0) is 15.9. The van der Waals surface area contributed by atoms with Gasteiger partial charge in [-0.3, -0.25) is 4.79 Å².